The van der Waals surface area contributed by atoms with E-state index in [-0.39, 0.29) is 17.9 Å². The van der Waals surface area contributed by atoms with E-state index < -0.39 is 5.97 Å². The van der Waals surface area contributed by atoms with Crippen LogP contribution in [0.2, 0.25) is 0 Å². The maximum Gasteiger partial charge on any atom is 0.305 e. The molecule has 6 heteroatoms. The number of nitrogens with zero attached hydrogens (tertiary/aromatic N) is 4. The van der Waals surface area contributed by atoms with Gasteiger partial charge in [0.2, 0.25) is 0 Å². The fraction of sp³-hybridized carbons (Fsp3) is 0.846. The van der Waals surface area contributed by atoms with Gasteiger partial charge in [0.1, 0.15) is 0 Å². The lowest BCUT2D eigenvalue weighted by atomic mass is 9.84. The summed E-state index contributed by atoms with van der Waals surface area (Å²) in [6, 6.07) is -0.226. The Hall–Kier alpha value is -1.46. The Kier molecular flexibility index (Phi) is 3.60. The van der Waals surface area contributed by atoms with Crippen molar-refractivity contribution < 1.29 is 9.90 Å². The fourth-order valence-electron chi connectivity index (χ4n) is 2.45. The summed E-state index contributed by atoms with van der Waals surface area (Å²) in [7, 11) is 0. The summed E-state index contributed by atoms with van der Waals surface area (Å²) < 4.78 is 1.73. The van der Waals surface area contributed by atoms with Crippen LogP contribution in [0.5, 0.6) is 0 Å². The first kappa shape index (κ1) is 14.0. The van der Waals surface area contributed by atoms with Crippen molar-refractivity contribution in [1.82, 2.24) is 20.2 Å². The van der Waals surface area contributed by atoms with Gasteiger partial charge in [0.15, 0.2) is 5.82 Å². The molecule has 1 N–H and O–H groups in total. The summed E-state index contributed by atoms with van der Waals surface area (Å²) in [4.78, 5) is 11.1. The highest BCUT2D eigenvalue weighted by atomic mass is 16.4. The average Bonchev–Trinajstić information content (AvgIpc) is 3.02. The number of aromatic nitrogens is 4. The van der Waals surface area contributed by atoms with E-state index in [1.54, 1.807) is 4.68 Å². The second-order valence-electron chi connectivity index (χ2n) is 6.59. The van der Waals surface area contributed by atoms with Gasteiger partial charge in [0.05, 0.1) is 12.5 Å². The van der Waals surface area contributed by atoms with Gasteiger partial charge in [-0.3, -0.25) is 4.79 Å². The van der Waals surface area contributed by atoms with E-state index in [1.165, 1.54) is 12.8 Å². The van der Waals surface area contributed by atoms with Gasteiger partial charge in [0, 0.05) is 5.92 Å². The van der Waals surface area contributed by atoms with Crippen molar-refractivity contribution in [3.05, 3.63) is 5.82 Å². The molecule has 2 rings (SSSR count). The molecule has 0 radical (unpaired) electrons. The Morgan fingerprint density at radius 1 is 1.47 bits per heavy atom. The number of carboxylic acid groups (broad SMARTS) is 1. The van der Waals surface area contributed by atoms with Crippen LogP contribution in [-0.4, -0.2) is 31.3 Å². The van der Waals surface area contributed by atoms with Crippen molar-refractivity contribution in [2.45, 2.75) is 58.9 Å². The van der Waals surface area contributed by atoms with E-state index in [1.807, 2.05) is 20.8 Å². The maximum atomic E-state index is 11.1. The van der Waals surface area contributed by atoms with E-state index in [0.717, 1.165) is 5.82 Å². The molecule has 0 amide bonds. The van der Waals surface area contributed by atoms with Gasteiger partial charge in [-0.15, -0.1) is 5.10 Å². The van der Waals surface area contributed by atoms with Gasteiger partial charge in [-0.2, -0.15) is 0 Å². The first-order valence-electron chi connectivity index (χ1n) is 6.80. The predicted molar refractivity (Wildman–Crippen MR) is 69.7 cm³/mol. The summed E-state index contributed by atoms with van der Waals surface area (Å²) >= 11 is 0. The van der Waals surface area contributed by atoms with Gasteiger partial charge in [-0.1, -0.05) is 27.7 Å². The minimum absolute atomic E-state index is 0.0406. The van der Waals surface area contributed by atoms with Crippen LogP contribution in [-0.2, 0) is 4.79 Å². The van der Waals surface area contributed by atoms with Gasteiger partial charge < -0.3 is 5.11 Å². The van der Waals surface area contributed by atoms with E-state index in [2.05, 4.69) is 22.4 Å². The molecule has 2 unspecified atom stereocenters. The molecule has 1 fully saturated rings. The fourth-order valence-corrected chi connectivity index (χ4v) is 2.45. The Balaban J connectivity index is 2.31. The summed E-state index contributed by atoms with van der Waals surface area (Å²) in [6.45, 7) is 8.19. The molecule has 1 aromatic rings. The van der Waals surface area contributed by atoms with Gasteiger partial charge >= 0.3 is 5.97 Å². The summed E-state index contributed by atoms with van der Waals surface area (Å²) in [5, 5.41) is 21.1. The van der Waals surface area contributed by atoms with Crippen molar-refractivity contribution >= 4 is 5.97 Å². The third-order valence-corrected chi connectivity index (χ3v) is 3.92. The molecule has 0 aliphatic heterocycles. The van der Waals surface area contributed by atoms with Crippen LogP contribution in [0.3, 0.4) is 0 Å². The van der Waals surface area contributed by atoms with E-state index in [0.29, 0.717) is 11.8 Å². The van der Waals surface area contributed by atoms with Crippen molar-refractivity contribution in [1.29, 1.82) is 0 Å². The Bertz CT molecular complexity index is 459. The van der Waals surface area contributed by atoms with Crippen LogP contribution in [0.15, 0.2) is 0 Å². The first-order chi connectivity index (χ1) is 8.80. The number of hydrogen-bond donors (Lipinski definition) is 1. The van der Waals surface area contributed by atoms with Gasteiger partial charge in [0.25, 0.3) is 0 Å². The van der Waals surface area contributed by atoms with Gasteiger partial charge in [-0.25, -0.2) is 4.68 Å². The lowest BCUT2D eigenvalue weighted by Gasteiger charge is -2.30. The zero-order chi connectivity index (χ0) is 14.2. The lowest BCUT2D eigenvalue weighted by Crippen LogP contribution is -2.30. The molecule has 6 nitrogen and oxygen atoms in total. The molecule has 106 valence electrons. The summed E-state index contributed by atoms with van der Waals surface area (Å²) in [6.07, 6.45) is 2.47. The maximum absolute atomic E-state index is 11.1. The molecule has 0 spiro atoms. The SMILES string of the molecule is CC(c1nnnn1C(CC(=O)O)C(C)(C)C)C1CC1. The predicted octanol–water partition coefficient (Wildman–Crippen LogP) is 2.25. The van der Waals surface area contributed by atoms with Crippen molar-refractivity contribution in [3.63, 3.8) is 0 Å². The highest BCUT2D eigenvalue weighted by molar-refractivity contribution is 5.67. The van der Waals surface area contributed by atoms with Crippen LogP contribution in [0.25, 0.3) is 0 Å². The number of carboxylic acids is 1. The molecule has 1 aliphatic rings. The quantitative estimate of drug-likeness (QED) is 0.884. The van der Waals surface area contributed by atoms with Gasteiger partial charge in [-0.05, 0) is 34.6 Å². The second-order valence-corrected chi connectivity index (χ2v) is 6.59. The van der Waals surface area contributed by atoms with E-state index in [4.69, 9.17) is 5.11 Å². The van der Waals surface area contributed by atoms with Crippen LogP contribution in [0, 0.1) is 11.3 Å². The molecule has 0 aromatic carbocycles. The highest BCUT2D eigenvalue weighted by Gasteiger charge is 2.37. The number of rotatable bonds is 5. The van der Waals surface area contributed by atoms with Crippen LogP contribution >= 0.6 is 0 Å². The lowest BCUT2D eigenvalue weighted by molar-refractivity contribution is -0.138. The number of carbonyl (C=O) groups is 1. The van der Waals surface area contributed by atoms with Crippen molar-refractivity contribution in [3.8, 4) is 0 Å². The largest absolute Gasteiger partial charge is 0.481 e. The Morgan fingerprint density at radius 3 is 2.58 bits per heavy atom. The zero-order valence-corrected chi connectivity index (χ0v) is 12.0. The van der Waals surface area contributed by atoms with E-state index in [9.17, 15) is 4.79 Å². The molecule has 0 bridgehead atoms. The smallest absolute Gasteiger partial charge is 0.305 e. The third kappa shape index (κ3) is 3.11. The van der Waals surface area contributed by atoms with Crippen LogP contribution in [0.4, 0.5) is 0 Å². The third-order valence-electron chi connectivity index (χ3n) is 3.92. The number of hydrogen-bond acceptors (Lipinski definition) is 4. The van der Waals surface area contributed by atoms with E-state index >= 15 is 0 Å². The van der Waals surface area contributed by atoms with Crippen molar-refractivity contribution in [2.75, 3.05) is 0 Å². The Labute approximate surface area is 113 Å². The molecule has 2 atom stereocenters. The highest BCUT2D eigenvalue weighted by Crippen LogP contribution is 2.43. The van der Waals surface area contributed by atoms with Crippen LogP contribution in [0.1, 0.15) is 64.7 Å². The number of tetrazole rings is 1. The average molecular weight is 266 g/mol. The number of aliphatic carboxylic acids is 1. The standard InChI is InChI=1S/C13H22N4O2/c1-8(9-5-6-9)12-14-15-16-17(12)10(7-11(18)19)13(2,3)4/h8-10H,5-7H2,1-4H3,(H,18,19). The monoisotopic (exact) mass is 266 g/mol. The molecular weight excluding hydrogens is 244 g/mol. The zero-order valence-electron chi connectivity index (χ0n) is 12.0. The molecule has 19 heavy (non-hydrogen) atoms. The normalized spacial score (nSPS) is 19.2. The summed E-state index contributed by atoms with van der Waals surface area (Å²) in [5.41, 5.74) is -0.203. The minimum Gasteiger partial charge on any atom is -0.481 e. The summed E-state index contributed by atoms with van der Waals surface area (Å²) in [5.74, 6) is 0.952. The second kappa shape index (κ2) is 4.90. The molecule has 1 heterocycles. The topological polar surface area (TPSA) is 80.9 Å². The molecule has 0 saturated heterocycles. The molecular formula is C13H22N4O2. The van der Waals surface area contributed by atoms with Crippen molar-refractivity contribution in [2.24, 2.45) is 11.3 Å². The Morgan fingerprint density at radius 2 is 2.11 bits per heavy atom. The first-order valence-corrected chi connectivity index (χ1v) is 6.80. The molecule has 1 aliphatic carbocycles. The minimum atomic E-state index is -0.819. The molecule has 1 saturated carbocycles. The molecule has 1 aromatic heterocycles. The van der Waals surface area contributed by atoms with Crippen LogP contribution < -0.4 is 0 Å².